The molecule has 0 spiro atoms. The number of aromatic nitrogens is 11. The number of hydrogen-bond acceptors (Lipinski definition) is 21. The van der Waals surface area contributed by atoms with Gasteiger partial charge in [-0.25, -0.2) is 70.0 Å². The molecule has 0 radical (unpaired) electrons. The monoisotopic (exact) mass is 2060 g/mol. The van der Waals surface area contributed by atoms with E-state index in [-0.39, 0.29) is 97.6 Å². The highest BCUT2D eigenvalue weighted by molar-refractivity contribution is 9.10. The summed E-state index contributed by atoms with van der Waals surface area (Å²) < 4.78 is 205. The van der Waals surface area contributed by atoms with Gasteiger partial charge in [-0.05, 0) is 149 Å². The first-order valence-corrected chi connectivity index (χ1v) is 50.5. The number of aryl methyl sites for hydroxylation is 2. The highest BCUT2D eigenvalue weighted by Crippen LogP contribution is 2.37. The fourth-order valence-corrected chi connectivity index (χ4v) is 22.9. The summed E-state index contributed by atoms with van der Waals surface area (Å²) in [4.78, 5) is 73.6. The third-order valence-corrected chi connectivity index (χ3v) is 29.9. The van der Waals surface area contributed by atoms with Crippen molar-refractivity contribution in [2.45, 2.75) is 85.3 Å². The quantitative estimate of drug-likeness (QED) is 0.0377. The van der Waals surface area contributed by atoms with Crippen LogP contribution in [0.1, 0.15) is 55.5 Å². The minimum absolute atomic E-state index is 0.0717. The van der Waals surface area contributed by atoms with Crippen LogP contribution in [0.4, 0.5) is 26.3 Å². The second kappa shape index (κ2) is 42.1. The lowest BCUT2D eigenvalue weighted by molar-refractivity contribution is -0.117. The average molecular weight is 2060 g/mol. The van der Waals surface area contributed by atoms with Crippen molar-refractivity contribution >= 4 is 149 Å². The Morgan fingerprint density at radius 3 is 1.26 bits per heavy atom. The third kappa shape index (κ3) is 24.0. The highest BCUT2D eigenvalue weighted by atomic mass is 79.9. The molecule has 136 heavy (non-hydrogen) atoms. The second-order valence-electron chi connectivity index (χ2n) is 31.8. The lowest BCUT2D eigenvalue weighted by atomic mass is 10.0. The molecular formula is C99H77Br2F6N11O13S5. The van der Waals surface area contributed by atoms with Crippen molar-refractivity contribution in [3.63, 3.8) is 0 Å². The molecule has 0 N–H and O–H groups in total. The Bertz CT molecular complexity index is 8060. The first-order chi connectivity index (χ1) is 65.0. The van der Waals surface area contributed by atoms with E-state index in [9.17, 15) is 79.2 Å². The molecule has 18 aromatic rings. The molecule has 0 saturated carbocycles. The van der Waals surface area contributed by atoms with E-state index in [1.807, 2.05) is 139 Å². The SMILES string of the molecule is Cc1ccc(-c2cccc(Cn3cc(S(=O)(=O)CC(=O)Cc4cc(C)on4)c4ccccc43)c2)cn1.O=C(Cc1ccccn1)CS(=O)(=O)c1cn(Cc2cccc(-c3ccncc3)c2)c2cc(F)cc(F)c12.O=C(Cc1cncnc1)CS(=O)(=O)c1cn(Cc2cccc(Br)c2)c2cc(F)cc(F)c12.O=C(Cc1cncs1)CS(=O)(=O)c1cn(Cc2cccc(Br)c2)c2cc(F)cc(F)c12. The normalized spacial score (nSPS) is 11.7. The first-order valence-electron chi connectivity index (χ1n) is 41.5. The molecule has 0 atom stereocenters. The molecule has 10 aromatic heterocycles. The van der Waals surface area contributed by atoms with E-state index in [4.69, 9.17) is 4.52 Å². The van der Waals surface area contributed by atoms with Gasteiger partial charge >= 0.3 is 0 Å². The van der Waals surface area contributed by atoms with E-state index in [2.05, 4.69) is 73.0 Å². The number of ketones is 4. The summed E-state index contributed by atoms with van der Waals surface area (Å²) in [5, 5.41) is 3.69. The van der Waals surface area contributed by atoms with Crippen LogP contribution in [0.5, 0.6) is 0 Å². The van der Waals surface area contributed by atoms with Crippen LogP contribution in [0.25, 0.3) is 65.9 Å². The third-order valence-electron chi connectivity index (χ3n) is 21.4. The van der Waals surface area contributed by atoms with Gasteiger partial charge in [0, 0.05) is 180 Å². The maximum absolute atomic E-state index is 14.9. The van der Waals surface area contributed by atoms with Crippen molar-refractivity contribution in [2.24, 2.45) is 0 Å². The predicted molar refractivity (Wildman–Crippen MR) is 509 cm³/mol. The number of pyridine rings is 3. The second-order valence-corrected chi connectivity index (χ2v) is 42.4. The number of fused-ring (bicyclic) bond motifs is 4. The summed E-state index contributed by atoms with van der Waals surface area (Å²) in [7, 11) is -16.5. The van der Waals surface area contributed by atoms with Crippen molar-refractivity contribution in [3.8, 4) is 22.3 Å². The van der Waals surface area contributed by atoms with Gasteiger partial charge < -0.3 is 22.8 Å². The van der Waals surface area contributed by atoms with Crippen molar-refractivity contribution in [2.75, 3.05) is 23.0 Å². The summed E-state index contributed by atoms with van der Waals surface area (Å²) in [6, 6.07) is 57.1. The number of hydrogen-bond donors (Lipinski definition) is 0. The summed E-state index contributed by atoms with van der Waals surface area (Å²) >= 11 is 7.99. The van der Waals surface area contributed by atoms with Crippen LogP contribution in [-0.2, 0) is 110 Å². The molecule has 0 bridgehead atoms. The number of carbonyl (C=O) groups excluding carboxylic acids is 4. The average Bonchev–Trinajstić information content (AvgIpc) is 1.62. The van der Waals surface area contributed by atoms with Crippen LogP contribution in [0.2, 0.25) is 0 Å². The number of benzene rings is 8. The molecule has 692 valence electrons. The zero-order valence-corrected chi connectivity index (χ0v) is 79.2. The molecule has 8 aromatic carbocycles. The molecule has 10 heterocycles. The largest absolute Gasteiger partial charge is 0.361 e. The molecule has 24 nitrogen and oxygen atoms in total. The number of rotatable bonds is 30. The lowest BCUT2D eigenvalue weighted by Crippen LogP contribution is -2.18. The van der Waals surface area contributed by atoms with Gasteiger partial charge in [-0.1, -0.05) is 128 Å². The van der Waals surface area contributed by atoms with Gasteiger partial charge in [0.25, 0.3) is 0 Å². The van der Waals surface area contributed by atoms with Crippen LogP contribution in [-0.4, -0.2) is 133 Å². The number of sulfone groups is 4. The van der Waals surface area contributed by atoms with E-state index in [1.54, 1.807) is 73.5 Å². The summed E-state index contributed by atoms with van der Waals surface area (Å²) in [5.74, 6) is -10.0. The fraction of sp³-hybridized carbons (Fsp3) is 0.141. The van der Waals surface area contributed by atoms with Gasteiger partial charge in [-0.15, -0.1) is 11.3 Å². The van der Waals surface area contributed by atoms with E-state index in [0.717, 1.165) is 82.9 Å². The van der Waals surface area contributed by atoms with Crippen LogP contribution in [0, 0.1) is 48.8 Å². The van der Waals surface area contributed by atoms with Crippen molar-refractivity contribution < 1.29 is 83.7 Å². The molecule has 0 aliphatic rings. The predicted octanol–water partition coefficient (Wildman–Crippen LogP) is 18.8. The number of nitrogens with zero attached hydrogens (tertiary/aromatic N) is 11. The molecule has 37 heteroatoms. The van der Waals surface area contributed by atoms with Gasteiger partial charge in [-0.3, -0.25) is 39.1 Å². The van der Waals surface area contributed by atoms with Gasteiger partial charge in [0.05, 0.1) is 69.9 Å². The van der Waals surface area contributed by atoms with Crippen molar-refractivity contribution in [3.05, 3.63) is 386 Å². The number of thiazole rings is 1. The standard InChI is InChI=1S/C28H21F2N3O3S.C28H25N3O4S.C22H16BrF2N3O3S.C21H15BrF2N2O3S2/c29-22-13-25(30)28-26(14-22)33(16-19-4-3-5-21(12-19)20-7-10-31-11-8-20)17-27(28)37(35,36)18-24(34)15-23-6-1-2-9-32-23;1-19-10-11-23(15-29-19)22-7-5-6-21(13-22)16-31-17-28(26-8-3-4-9-27(26)31)36(33,34)18-25(32)14-24-12-20(2)35-30-24;23-16-3-1-2-14(4-16)10-28-11-21(22-19(25)6-17(24)7-20(22)28)32(30,31)12-18(29)5-15-8-26-13-27-9-15;22-14-3-1-2-13(4-14)9-26-10-20(21-18(24)5-15(23)6-19(21)26)31(28,29)11-16(27)7-17-8-25-12-30-17/h1-14,17H,15-16,18H2;3-13,15,17H,14,16,18H2,1-2H3;1-4,6-9,11,13H,5,10,12H2;1-6,8,10,12H,7,9,11H2. The van der Waals surface area contributed by atoms with E-state index >= 15 is 0 Å². The molecule has 18 rings (SSSR count). The van der Waals surface area contributed by atoms with E-state index < -0.39 is 120 Å². The molecular weight excluding hydrogens is 1990 g/mol. The van der Waals surface area contributed by atoms with Crippen LogP contribution in [0.15, 0.2) is 319 Å². The summed E-state index contributed by atoms with van der Waals surface area (Å²) in [6.45, 7) is 4.70. The van der Waals surface area contributed by atoms with E-state index in [0.29, 0.717) is 57.7 Å². The molecule has 0 fully saturated rings. The first kappa shape index (κ1) is 96.9. The minimum Gasteiger partial charge on any atom is -0.361 e. The minimum atomic E-state index is -4.23. The number of halogens is 8. The fourth-order valence-electron chi connectivity index (χ4n) is 15.5. The van der Waals surface area contributed by atoms with Gasteiger partial charge in [-0.2, -0.15) is 0 Å². The lowest BCUT2D eigenvalue weighted by Gasteiger charge is -2.08. The molecule has 0 saturated heterocycles. The smallest absolute Gasteiger partial charge is 0.187 e. The van der Waals surface area contributed by atoms with Crippen molar-refractivity contribution in [1.29, 1.82) is 0 Å². The Morgan fingerprint density at radius 1 is 0.368 bits per heavy atom. The van der Waals surface area contributed by atoms with Gasteiger partial charge in [0.1, 0.15) is 70.0 Å². The molecule has 0 unspecified atom stereocenters. The Hall–Kier alpha value is -13.7. The summed E-state index contributed by atoms with van der Waals surface area (Å²) in [6.07, 6.45) is 17.3. The van der Waals surface area contributed by atoms with Crippen molar-refractivity contribution in [1.82, 2.24) is 53.3 Å². The zero-order valence-electron chi connectivity index (χ0n) is 71.9. The maximum atomic E-state index is 14.9. The maximum Gasteiger partial charge on any atom is 0.187 e. The van der Waals surface area contributed by atoms with Crippen LogP contribution < -0.4 is 0 Å². The molecule has 0 amide bonds. The molecule has 0 aliphatic heterocycles. The number of para-hydroxylation sites is 1. The van der Waals surface area contributed by atoms with Crippen LogP contribution >= 0.6 is 43.2 Å². The Morgan fingerprint density at radius 2 is 0.809 bits per heavy atom. The topological polar surface area (TPSA) is 328 Å². The van der Waals surface area contributed by atoms with E-state index in [1.165, 1.54) is 74.7 Å². The van der Waals surface area contributed by atoms with Crippen LogP contribution in [0.3, 0.4) is 0 Å². The number of carbonyl (C=O) groups is 4. The number of Topliss-reactive ketones (excluding diaryl/α,β-unsaturated/α-hetero) is 4. The Balaban J connectivity index is 0.000000138. The highest BCUT2D eigenvalue weighted by Gasteiger charge is 2.33. The summed E-state index contributed by atoms with van der Waals surface area (Å²) in [5.41, 5.74) is 12.3. The molecule has 0 aliphatic carbocycles. The van der Waals surface area contributed by atoms with Gasteiger partial charge in [0.2, 0.25) is 0 Å². The Kier molecular flexibility index (Phi) is 30.0. The van der Waals surface area contributed by atoms with Gasteiger partial charge in [0.15, 0.2) is 62.5 Å². The Labute approximate surface area is 796 Å². The zero-order chi connectivity index (χ0) is 96.3.